The van der Waals surface area contributed by atoms with Crippen LogP contribution in [0.1, 0.15) is 11.1 Å². The van der Waals surface area contributed by atoms with Crippen LogP contribution < -0.4 is 5.11 Å². The van der Waals surface area contributed by atoms with Gasteiger partial charge in [0.25, 0.3) is 5.69 Å². The predicted octanol–water partition coefficient (Wildman–Crippen LogP) is 2.63. The summed E-state index contributed by atoms with van der Waals surface area (Å²) in [5.41, 5.74) is 0.266. The molecule has 0 radical (unpaired) electrons. The number of nitro groups is 1. The molecule has 0 saturated heterocycles. The van der Waals surface area contributed by atoms with Crippen molar-refractivity contribution in [1.82, 2.24) is 4.31 Å². The van der Waals surface area contributed by atoms with Crippen LogP contribution in [0.3, 0.4) is 0 Å². The van der Waals surface area contributed by atoms with Crippen molar-refractivity contribution in [3.05, 3.63) is 56.6 Å². The fourth-order valence-electron chi connectivity index (χ4n) is 2.07. The third-order valence-corrected chi connectivity index (χ3v) is 5.59. The molecule has 0 unspecified atom stereocenters. The number of aliphatic imine (C=N–C) groups is 1. The van der Waals surface area contributed by atoms with Crippen LogP contribution in [0.15, 0.2) is 40.2 Å². The Kier molecular flexibility index (Phi) is 5.65. The van der Waals surface area contributed by atoms with Gasteiger partial charge in [0.05, 0.1) is 15.5 Å². The van der Waals surface area contributed by atoms with Crippen molar-refractivity contribution >= 4 is 39.2 Å². The van der Waals surface area contributed by atoms with Gasteiger partial charge in [0.2, 0.25) is 10.0 Å². The number of hydrogen-bond acceptors (Lipinski definition) is 6. The van der Waals surface area contributed by atoms with Crippen molar-refractivity contribution in [2.24, 2.45) is 4.99 Å². The zero-order valence-corrected chi connectivity index (χ0v) is 15.7. The number of sulfonamides is 1. The van der Waals surface area contributed by atoms with Crippen LogP contribution in [0.4, 0.5) is 11.4 Å². The van der Waals surface area contributed by atoms with Gasteiger partial charge in [0.15, 0.2) is 0 Å². The van der Waals surface area contributed by atoms with Crippen LogP contribution in [0.5, 0.6) is 5.75 Å². The largest absolute Gasteiger partial charge is 0.867 e. The van der Waals surface area contributed by atoms with Crippen molar-refractivity contribution in [1.29, 1.82) is 0 Å². The number of nitrogens with zero attached hydrogens (tertiary/aromatic N) is 3. The van der Waals surface area contributed by atoms with E-state index in [-0.39, 0.29) is 15.5 Å². The smallest absolute Gasteiger partial charge is 0.263 e. The van der Waals surface area contributed by atoms with E-state index < -0.39 is 26.4 Å². The first kappa shape index (κ1) is 19.8. The third kappa shape index (κ3) is 4.01. The van der Waals surface area contributed by atoms with Crippen LogP contribution >= 0.6 is 11.6 Å². The van der Waals surface area contributed by atoms with E-state index in [1.807, 2.05) is 0 Å². The van der Waals surface area contributed by atoms with E-state index in [2.05, 4.69) is 4.99 Å². The molecule has 0 N–H and O–H groups in total. The van der Waals surface area contributed by atoms with Crippen molar-refractivity contribution in [3.8, 4) is 5.75 Å². The highest BCUT2D eigenvalue weighted by Gasteiger charge is 2.18. The van der Waals surface area contributed by atoms with E-state index in [0.717, 1.165) is 16.6 Å². The maximum Gasteiger partial charge on any atom is 0.263 e. The van der Waals surface area contributed by atoms with Crippen LogP contribution in [-0.4, -0.2) is 38.0 Å². The second-order valence-electron chi connectivity index (χ2n) is 5.59. The van der Waals surface area contributed by atoms with E-state index in [1.54, 1.807) is 13.0 Å². The maximum absolute atomic E-state index is 12.2. The Morgan fingerprint density at radius 3 is 2.46 bits per heavy atom. The van der Waals surface area contributed by atoms with Crippen LogP contribution in [-0.2, 0) is 10.0 Å². The highest BCUT2D eigenvalue weighted by atomic mass is 35.5. The van der Waals surface area contributed by atoms with Crippen molar-refractivity contribution in [3.63, 3.8) is 0 Å². The molecule has 2 rings (SSSR count). The topological polar surface area (TPSA) is 116 Å². The first-order chi connectivity index (χ1) is 12.0. The molecule has 0 bridgehead atoms. The first-order valence-electron chi connectivity index (χ1n) is 7.26. The monoisotopic (exact) mass is 396 g/mol. The van der Waals surface area contributed by atoms with E-state index in [1.165, 1.54) is 32.3 Å². The summed E-state index contributed by atoms with van der Waals surface area (Å²) in [4.78, 5) is 14.3. The lowest BCUT2D eigenvalue weighted by Crippen LogP contribution is -2.22. The molecule has 0 aliphatic heterocycles. The normalized spacial score (nSPS) is 12.0. The summed E-state index contributed by atoms with van der Waals surface area (Å²) in [6, 6.07) is 6.63. The van der Waals surface area contributed by atoms with Gasteiger partial charge in [-0.25, -0.2) is 12.7 Å². The minimum absolute atomic E-state index is 0.0263. The molecule has 26 heavy (non-hydrogen) atoms. The molecule has 0 aliphatic rings. The molecule has 8 nitrogen and oxygen atoms in total. The summed E-state index contributed by atoms with van der Waals surface area (Å²) in [6.45, 7) is 1.72. The van der Waals surface area contributed by atoms with E-state index >= 15 is 0 Å². The number of benzene rings is 2. The lowest BCUT2D eigenvalue weighted by molar-refractivity contribution is -0.398. The highest BCUT2D eigenvalue weighted by molar-refractivity contribution is 7.89. The molecule has 0 heterocycles. The molecule has 2 aromatic rings. The van der Waals surface area contributed by atoms with Crippen molar-refractivity contribution < 1.29 is 18.4 Å². The molecule has 0 aromatic heterocycles. The summed E-state index contributed by atoms with van der Waals surface area (Å²) in [6.07, 6.45) is 1.13. The molecule has 0 atom stereocenters. The van der Waals surface area contributed by atoms with Crippen molar-refractivity contribution in [2.45, 2.75) is 11.8 Å². The zero-order valence-electron chi connectivity index (χ0n) is 14.1. The average Bonchev–Trinajstić information content (AvgIpc) is 2.55. The van der Waals surface area contributed by atoms with E-state index in [9.17, 15) is 23.6 Å². The van der Waals surface area contributed by atoms with E-state index in [4.69, 9.17) is 11.6 Å². The molecule has 138 valence electrons. The predicted molar refractivity (Wildman–Crippen MR) is 96.9 cm³/mol. The fraction of sp³-hybridized carbons (Fsp3) is 0.188. The van der Waals surface area contributed by atoms with Crippen molar-refractivity contribution in [2.75, 3.05) is 14.1 Å². The molecule has 10 heteroatoms. The highest BCUT2D eigenvalue weighted by Crippen LogP contribution is 2.31. The third-order valence-electron chi connectivity index (χ3n) is 3.56. The zero-order chi connectivity index (χ0) is 19.6. The molecule has 0 spiro atoms. The van der Waals surface area contributed by atoms with Gasteiger partial charge in [0, 0.05) is 31.4 Å². The second kappa shape index (κ2) is 7.40. The van der Waals surface area contributed by atoms with Crippen LogP contribution in [0.25, 0.3) is 0 Å². The molecular formula is C16H15ClN3O5S-. The van der Waals surface area contributed by atoms with Gasteiger partial charge in [-0.3, -0.25) is 15.1 Å². The fourth-order valence-corrected chi connectivity index (χ4v) is 3.21. The Bertz CT molecular complexity index is 1000. The maximum atomic E-state index is 12.2. The number of nitro benzene ring substituents is 1. The Hall–Kier alpha value is -2.49. The summed E-state index contributed by atoms with van der Waals surface area (Å²) >= 11 is 5.81. The molecule has 0 saturated carbocycles. The molecular weight excluding hydrogens is 382 g/mol. The Labute approximate surface area is 155 Å². The number of hydrogen-bond donors (Lipinski definition) is 0. The summed E-state index contributed by atoms with van der Waals surface area (Å²) in [5, 5.41) is 23.0. The Morgan fingerprint density at radius 1 is 1.23 bits per heavy atom. The lowest BCUT2D eigenvalue weighted by atomic mass is 10.1. The van der Waals surface area contributed by atoms with Gasteiger partial charge < -0.3 is 5.11 Å². The summed E-state index contributed by atoms with van der Waals surface area (Å²) in [5.74, 6) is -0.821. The molecule has 2 aromatic carbocycles. The quantitative estimate of drug-likeness (QED) is 0.437. The minimum Gasteiger partial charge on any atom is -0.867 e. The van der Waals surface area contributed by atoms with Crippen LogP contribution in [0, 0.1) is 17.0 Å². The first-order valence-corrected chi connectivity index (χ1v) is 9.08. The second-order valence-corrected chi connectivity index (χ2v) is 8.18. The van der Waals surface area contributed by atoms with Gasteiger partial charge in [-0.2, -0.15) is 0 Å². The molecule has 0 fully saturated rings. The standard InChI is InChI=1S/C16H16ClN3O5S/c1-10-4-5-13(26(24,25)19(2)3)8-14(10)18-9-11-6-12(17)7-15(16(11)21)20(22)23/h4-9,21H,1-3H3/p-1. The number of aryl methyl sites for hydroxylation is 1. The van der Waals surface area contributed by atoms with Gasteiger partial charge >= 0.3 is 0 Å². The SMILES string of the molecule is Cc1ccc(S(=O)(=O)N(C)C)cc1N=Cc1cc(Cl)cc([N+](=O)[O-])c1[O-]. The lowest BCUT2D eigenvalue weighted by Gasteiger charge is -2.13. The summed E-state index contributed by atoms with van der Waals surface area (Å²) in [7, 11) is -0.825. The van der Waals surface area contributed by atoms with Crippen LogP contribution in [0.2, 0.25) is 5.02 Å². The van der Waals surface area contributed by atoms with Gasteiger partial charge in [-0.05, 0) is 42.0 Å². The average molecular weight is 397 g/mol. The minimum atomic E-state index is -3.64. The van der Waals surface area contributed by atoms with E-state index in [0.29, 0.717) is 11.3 Å². The molecule has 0 amide bonds. The number of rotatable bonds is 5. The Morgan fingerprint density at radius 2 is 1.88 bits per heavy atom. The van der Waals surface area contributed by atoms with Gasteiger partial charge in [-0.15, -0.1) is 0 Å². The Balaban J connectivity index is 2.51. The van der Waals surface area contributed by atoms with Gasteiger partial charge in [0.1, 0.15) is 0 Å². The molecule has 0 aliphatic carbocycles. The van der Waals surface area contributed by atoms with Gasteiger partial charge in [-0.1, -0.05) is 17.7 Å². The number of halogens is 1. The summed E-state index contributed by atoms with van der Waals surface area (Å²) < 4.78 is 25.5.